The summed E-state index contributed by atoms with van der Waals surface area (Å²) in [5.41, 5.74) is 1.32. The Morgan fingerprint density at radius 1 is 1.36 bits per heavy atom. The van der Waals surface area contributed by atoms with Gasteiger partial charge in [0, 0.05) is 37.8 Å². The zero-order chi connectivity index (χ0) is 15.5. The van der Waals surface area contributed by atoms with Crippen molar-refractivity contribution < 1.29 is 9.84 Å². The third-order valence-corrected chi connectivity index (χ3v) is 4.96. The van der Waals surface area contributed by atoms with Gasteiger partial charge in [0.1, 0.15) is 0 Å². The third kappa shape index (κ3) is 2.65. The fourth-order valence-electron chi connectivity index (χ4n) is 3.58. The highest BCUT2D eigenvalue weighted by Gasteiger charge is 2.37. The maximum absolute atomic E-state index is 10.7. The van der Waals surface area contributed by atoms with Crippen molar-refractivity contribution in [1.82, 2.24) is 10.2 Å². The molecule has 0 bridgehead atoms. The first-order valence-electron chi connectivity index (χ1n) is 8.01. The van der Waals surface area contributed by atoms with Crippen LogP contribution in [-0.2, 0) is 0 Å². The van der Waals surface area contributed by atoms with E-state index in [0.717, 1.165) is 44.6 Å². The SMILES string of the molecule is COc1ccc(C#N)c([C@@H](C2CCC2)N2CCNCC2)c1O. The number of benzene rings is 1. The molecule has 2 N–H and O–H groups in total. The van der Waals surface area contributed by atoms with Gasteiger partial charge in [-0.15, -0.1) is 0 Å². The summed E-state index contributed by atoms with van der Waals surface area (Å²) in [7, 11) is 1.55. The van der Waals surface area contributed by atoms with Gasteiger partial charge in [-0.3, -0.25) is 4.90 Å². The van der Waals surface area contributed by atoms with E-state index in [-0.39, 0.29) is 11.8 Å². The van der Waals surface area contributed by atoms with E-state index in [1.807, 2.05) is 0 Å². The van der Waals surface area contributed by atoms with Crippen LogP contribution in [0.25, 0.3) is 0 Å². The Balaban J connectivity index is 2.04. The number of aromatic hydroxyl groups is 1. The average Bonchev–Trinajstić information content (AvgIpc) is 2.51. The minimum atomic E-state index is 0.112. The van der Waals surface area contributed by atoms with Crippen molar-refractivity contribution in [2.45, 2.75) is 25.3 Å². The largest absolute Gasteiger partial charge is 0.504 e. The quantitative estimate of drug-likeness (QED) is 0.890. The molecule has 1 aromatic rings. The lowest BCUT2D eigenvalue weighted by Gasteiger charge is -2.43. The predicted octanol–water partition coefficient (Wildman–Crippen LogP) is 2.02. The molecular formula is C17H23N3O2. The van der Waals surface area contributed by atoms with E-state index in [4.69, 9.17) is 4.74 Å². The van der Waals surface area contributed by atoms with Gasteiger partial charge < -0.3 is 15.2 Å². The first-order valence-corrected chi connectivity index (χ1v) is 8.01. The lowest BCUT2D eigenvalue weighted by atomic mass is 9.75. The summed E-state index contributed by atoms with van der Waals surface area (Å²) in [4.78, 5) is 2.41. The molecule has 0 spiro atoms. The Labute approximate surface area is 131 Å². The number of phenols is 1. The van der Waals surface area contributed by atoms with Crippen LogP contribution in [0, 0.1) is 17.2 Å². The zero-order valence-electron chi connectivity index (χ0n) is 13.0. The molecule has 1 aromatic carbocycles. The average molecular weight is 301 g/mol. The number of methoxy groups -OCH3 is 1. The van der Waals surface area contributed by atoms with E-state index in [2.05, 4.69) is 16.3 Å². The Bertz CT molecular complexity index is 572. The van der Waals surface area contributed by atoms with Crippen LogP contribution in [-0.4, -0.2) is 43.3 Å². The normalized spacial score (nSPS) is 20.9. The molecule has 5 heteroatoms. The number of hydrogen-bond acceptors (Lipinski definition) is 5. The number of piperazine rings is 1. The topological polar surface area (TPSA) is 68.5 Å². The summed E-state index contributed by atoms with van der Waals surface area (Å²) in [6.45, 7) is 3.80. The van der Waals surface area contributed by atoms with Gasteiger partial charge >= 0.3 is 0 Å². The van der Waals surface area contributed by atoms with E-state index in [0.29, 0.717) is 17.2 Å². The summed E-state index contributed by atoms with van der Waals surface area (Å²) < 4.78 is 5.26. The fourth-order valence-corrected chi connectivity index (χ4v) is 3.58. The van der Waals surface area contributed by atoms with Gasteiger partial charge in [-0.25, -0.2) is 0 Å². The molecule has 0 amide bonds. The van der Waals surface area contributed by atoms with Crippen molar-refractivity contribution in [3.05, 3.63) is 23.3 Å². The molecule has 1 atom stereocenters. The molecule has 118 valence electrons. The lowest BCUT2D eigenvalue weighted by Crippen LogP contribution is -2.48. The van der Waals surface area contributed by atoms with E-state index < -0.39 is 0 Å². The Hall–Kier alpha value is -1.77. The van der Waals surface area contributed by atoms with Gasteiger partial charge in [-0.2, -0.15) is 5.26 Å². The van der Waals surface area contributed by atoms with Gasteiger partial charge in [0.2, 0.25) is 0 Å². The first kappa shape index (κ1) is 15.1. The van der Waals surface area contributed by atoms with Crippen LogP contribution in [0.5, 0.6) is 11.5 Å². The molecule has 5 nitrogen and oxygen atoms in total. The summed E-state index contributed by atoms with van der Waals surface area (Å²) in [5, 5.41) is 23.5. The van der Waals surface area contributed by atoms with Crippen molar-refractivity contribution in [2.75, 3.05) is 33.3 Å². The smallest absolute Gasteiger partial charge is 0.163 e. The number of rotatable bonds is 4. The molecule has 1 saturated carbocycles. The number of nitrogens with zero attached hydrogens (tertiary/aromatic N) is 2. The minimum absolute atomic E-state index is 0.112. The van der Waals surface area contributed by atoms with Crippen molar-refractivity contribution in [2.24, 2.45) is 5.92 Å². The van der Waals surface area contributed by atoms with Crippen molar-refractivity contribution in [3.63, 3.8) is 0 Å². The summed E-state index contributed by atoms with van der Waals surface area (Å²) in [6, 6.07) is 5.80. The van der Waals surface area contributed by atoms with Crippen molar-refractivity contribution in [1.29, 1.82) is 5.26 Å². The molecule has 0 radical (unpaired) electrons. The van der Waals surface area contributed by atoms with Gasteiger partial charge in [0.05, 0.1) is 18.7 Å². The molecule has 1 heterocycles. The summed E-state index contributed by atoms with van der Waals surface area (Å²) in [5.74, 6) is 1.11. The molecule has 1 aliphatic heterocycles. The van der Waals surface area contributed by atoms with Gasteiger partial charge in [0.25, 0.3) is 0 Å². The van der Waals surface area contributed by atoms with Crippen LogP contribution in [0.2, 0.25) is 0 Å². The number of ether oxygens (including phenoxy) is 1. The van der Waals surface area contributed by atoms with E-state index in [9.17, 15) is 10.4 Å². The summed E-state index contributed by atoms with van der Waals surface area (Å²) in [6.07, 6.45) is 3.56. The standard InChI is InChI=1S/C17H23N3O2/c1-22-14-6-5-13(11-18)15(17(14)21)16(12-3-2-4-12)20-9-7-19-8-10-20/h5-6,12,16,19,21H,2-4,7-10H2,1H3/t16-/m1/s1. The van der Waals surface area contributed by atoms with Crippen molar-refractivity contribution in [3.8, 4) is 17.6 Å². The maximum atomic E-state index is 10.7. The molecule has 3 rings (SSSR count). The molecule has 0 aromatic heterocycles. The second-order valence-electron chi connectivity index (χ2n) is 6.11. The molecule has 22 heavy (non-hydrogen) atoms. The fraction of sp³-hybridized carbons (Fsp3) is 0.588. The molecular weight excluding hydrogens is 278 g/mol. The minimum Gasteiger partial charge on any atom is -0.504 e. The Kier molecular flexibility index (Phi) is 4.51. The second-order valence-corrected chi connectivity index (χ2v) is 6.11. The first-order chi connectivity index (χ1) is 10.8. The van der Waals surface area contributed by atoms with Gasteiger partial charge in [-0.1, -0.05) is 6.42 Å². The summed E-state index contributed by atoms with van der Waals surface area (Å²) >= 11 is 0. The molecule has 0 unspecified atom stereocenters. The van der Waals surface area contributed by atoms with Gasteiger partial charge in [-0.05, 0) is 30.9 Å². The van der Waals surface area contributed by atoms with Crippen LogP contribution < -0.4 is 10.1 Å². The maximum Gasteiger partial charge on any atom is 0.163 e. The second kappa shape index (κ2) is 6.55. The van der Waals surface area contributed by atoms with E-state index in [1.165, 1.54) is 6.42 Å². The third-order valence-electron chi connectivity index (χ3n) is 4.96. The number of phenolic OH excluding ortho intramolecular Hbond substituents is 1. The van der Waals surface area contributed by atoms with Crippen LogP contribution in [0.3, 0.4) is 0 Å². The zero-order valence-corrected chi connectivity index (χ0v) is 13.0. The van der Waals surface area contributed by atoms with Crippen LogP contribution in [0.15, 0.2) is 12.1 Å². The van der Waals surface area contributed by atoms with E-state index in [1.54, 1.807) is 19.2 Å². The monoisotopic (exact) mass is 301 g/mol. The number of nitrogens with one attached hydrogen (secondary N) is 1. The van der Waals surface area contributed by atoms with Crippen LogP contribution in [0.1, 0.15) is 36.4 Å². The van der Waals surface area contributed by atoms with Crippen molar-refractivity contribution >= 4 is 0 Å². The Morgan fingerprint density at radius 2 is 2.09 bits per heavy atom. The molecule has 1 aliphatic carbocycles. The number of nitriles is 1. The van der Waals surface area contributed by atoms with Crippen LogP contribution in [0.4, 0.5) is 0 Å². The number of hydrogen-bond donors (Lipinski definition) is 2. The lowest BCUT2D eigenvalue weighted by molar-refractivity contribution is 0.0814. The van der Waals surface area contributed by atoms with E-state index >= 15 is 0 Å². The highest BCUT2D eigenvalue weighted by molar-refractivity contribution is 5.55. The predicted molar refractivity (Wildman–Crippen MR) is 83.9 cm³/mol. The van der Waals surface area contributed by atoms with Gasteiger partial charge in [0.15, 0.2) is 11.5 Å². The molecule has 2 fully saturated rings. The highest BCUT2D eigenvalue weighted by Crippen LogP contribution is 2.47. The molecule has 2 aliphatic rings. The highest BCUT2D eigenvalue weighted by atomic mass is 16.5. The Morgan fingerprint density at radius 3 is 2.64 bits per heavy atom. The van der Waals surface area contributed by atoms with Crippen LogP contribution >= 0.6 is 0 Å². The molecule has 1 saturated heterocycles.